The van der Waals surface area contributed by atoms with E-state index in [1.54, 1.807) is 13.2 Å². The molecule has 0 bridgehead atoms. The van der Waals surface area contributed by atoms with E-state index >= 15 is 0 Å². The van der Waals surface area contributed by atoms with Crippen LogP contribution in [0.5, 0.6) is 0 Å². The molecule has 0 unspecified atom stereocenters. The molecule has 0 spiro atoms. The average Bonchev–Trinajstić information content (AvgIpc) is 2.38. The van der Waals surface area contributed by atoms with Gasteiger partial charge in [0.25, 0.3) is 0 Å². The summed E-state index contributed by atoms with van der Waals surface area (Å²) in [6.07, 6.45) is 0. The molecule has 0 N–H and O–H groups in total. The summed E-state index contributed by atoms with van der Waals surface area (Å²) in [6, 6.07) is 10.1. The molecule has 1 aromatic carbocycles. The Labute approximate surface area is 118 Å². The maximum absolute atomic E-state index is 6.01. The fraction of sp³-hybridized carbons (Fsp3) is 0.333. The quantitative estimate of drug-likeness (QED) is 0.790. The van der Waals surface area contributed by atoms with Crippen LogP contribution < -0.4 is 0 Å². The van der Waals surface area contributed by atoms with Gasteiger partial charge in [-0.15, -0.1) is 0 Å². The second-order valence-corrected chi connectivity index (χ2v) is 5.09. The zero-order chi connectivity index (χ0) is 13.8. The fourth-order valence-electron chi connectivity index (χ4n) is 1.85. The van der Waals surface area contributed by atoms with Crippen LogP contribution in [0.15, 0.2) is 30.3 Å². The van der Waals surface area contributed by atoms with Crippen molar-refractivity contribution in [3.05, 3.63) is 46.9 Å². The van der Waals surface area contributed by atoms with Crippen LogP contribution in [0.3, 0.4) is 0 Å². The molecular weight excluding hydrogens is 260 g/mol. The average molecular weight is 277 g/mol. The number of methoxy groups -OCH3 is 1. The Kier molecular flexibility index (Phi) is 4.51. The van der Waals surface area contributed by atoms with Crippen LogP contribution in [0.4, 0.5) is 0 Å². The van der Waals surface area contributed by atoms with Gasteiger partial charge in [-0.2, -0.15) is 0 Å². The molecule has 1 aromatic heterocycles. The largest absolute Gasteiger partial charge is 0.377 e. The molecule has 0 atom stereocenters. The van der Waals surface area contributed by atoms with Gasteiger partial charge in [0.2, 0.25) is 0 Å². The summed E-state index contributed by atoms with van der Waals surface area (Å²) in [5.41, 5.74) is 3.16. The Morgan fingerprint density at radius 2 is 1.84 bits per heavy atom. The van der Waals surface area contributed by atoms with Gasteiger partial charge in [-0.25, -0.2) is 9.97 Å². The number of halogens is 1. The summed E-state index contributed by atoms with van der Waals surface area (Å²) in [5.74, 6) is 1.12. The Bertz CT molecular complexity index is 553. The van der Waals surface area contributed by atoms with Gasteiger partial charge >= 0.3 is 0 Å². The number of aromatic nitrogens is 2. The summed E-state index contributed by atoms with van der Waals surface area (Å²) in [7, 11) is 1.61. The first-order valence-electron chi connectivity index (χ1n) is 6.23. The number of nitrogens with zero attached hydrogens (tertiary/aromatic N) is 2. The van der Waals surface area contributed by atoms with Crippen molar-refractivity contribution in [2.75, 3.05) is 7.11 Å². The van der Waals surface area contributed by atoms with Crippen LogP contribution in [0, 0.1) is 0 Å². The predicted molar refractivity (Wildman–Crippen MR) is 77.3 cm³/mol. The monoisotopic (exact) mass is 276 g/mol. The fourth-order valence-corrected chi connectivity index (χ4v) is 2.05. The van der Waals surface area contributed by atoms with Gasteiger partial charge in [-0.1, -0.05) is 49.7 Å². The number of hydrogen-bond donors (Lipinski definition) is 0. The summed E-state index contributed by atoms with van der Waals surface area (Å²) >= 11 is 6.01. The van der Waals surface area contributed by atoms with E-state index in [1.165, 1.54) is 5.56 Å². The van der Waals surface area contributed by atoms with E-state index < -0.39 is 0 Å². The Balaban J connectivity index is 2.35. The normalized spacial score (nSPS) is 11.0. The zero-order valence-electron chi connectivity index (χ0n) is 11.4. The minimum absolute atomic E-state index is 0.359. The number of hydrogen-bond acceptors (Lipinski definition) is 3. The summed E-state index contributed by atoms with van der Waals surface area (Å²) in [6.45, 7) is 4.71. The van der Waals surface area contributed by atoms with Crippen LogP contribution in [0.2, 0.25) is 5.15 Å². The minimum Gasteiger partial charge on any atom is -0.377 e. The maximum atomic E-state index is 6.01. The van der Waals surface area contributed by atoms with E-state index in [9.17, 15) is 0 Å². The van der Waals surface area contributed by atoms with Crippen molar-refractivity contribution in [2.45, 2.75) is 26.4 Å². The molecule has 2 aromatic rings. The molecule has 1 heterocycles. The smallest absolute Gasteiger partial charge is 0.156 e. The van der Waals surface area contributed by atoms with Crippen molar-refractivity contribution < 1.29 is 4.74 Å². The molecule has 4 heteroatoms. The zero-order valence-corrected chi connectivity index (χ0v) is 12.1. The Morgan fingerprint density at radius 1 is 1.16 bits per heavy atom. The lowest BCUT2D eigenvalue weighted by molar-refractivity contribution is 0.178. The third-order valence-corrected chi connectivity index (χ3v) is 3.08. The summed E-state index contributed by atoms with van der Waals surface area (Å²) in [4.78, 5) is 8.57. The van der Waals surface area contributed by atoms with Crippen molar-refractivity contribution in [3.63, 3.8) is 0 Å². The lowest BCUT2D eigenvalue weighted by Crippen LogP contribution is -1.99. The number of rotatable bonds is 4. The summed E-state index contributed by atoms with van der Waals surface area (Å²) < 4.78 is 5.04. The number of ether oxygens (including phenoxy) is 1. The lowest BCUT2D eigenvalue weighted by Gasteiger charge is -2.08. The van der Waals surface area contributed by atoms with Gasteiger partial charge in [0.05, 0.1) is 5.69 Å². The standard InChI is InChI=1S/C15H17ClN2O/c1-10(2)11-4-6-12(7-5-11)13-8-14(16)18-15(17-13)9-19-3/h4-8,10H,9H2,1-3H3. The highest BCUT2D eigenvalue weighted by atomic mass is 35.5. The second kappa shape index (κ2) is 6.13. The molecule has 0 aliphatic carbocycles. The van der Waals surface area contributed by atoms with Gasteiger partial charge in [0, 0.05) is 18.7 Å². The van der Waals surface area contributed by atoms with Crippen LogP contribution in [-0.4, -0.2) is 17.1 Å². The Hall–Kier alpha value is -1.45. The van der Waals surface area contributed by atoms with E-state index in [2.05, 4.69) is 48.1 Å². The van der Waals surface area contributed by atoms with Gasteiger partial charge in [-0.3, -0.25) is 0 Å². The highest BCUT2D eigenvalue weighted by molar-refractivity contribution is 6.29. The maximum Gasteiger partial charge on any atom is 0.156 e. The molecule has 0 aliphatic heterocycles. The van der Waals surface area contributed by atoms with Crippen molar-refractivity contribution in [1.29, 1.82) is 0 Å². The van der Waals surface area contributed by atoms with E-state index in [-0.39, 0.29) is 0 Å². The topological polar surface area (TPSA) is 35.0 Å². The molecule has 0 saturated carbocycles. The Morgan fingerprint density at radius 3 is 2.42 bits per heavy atom. The molecule has 0 aliphatic rings. The van der Waals surface area contributed by atoms with Crippen molar-refractivity contribution in [1.82, 2.24) is 9.97 Å². The SMILES string of the molecule is COCc1nc(Cl)cc(-c2ccc(C(C)C)cc2)n1. The lowest BCUT2D eigenvalue weighted by atomic mass is 10.0. The van der Waals surface area contributed by atoms with Crippen LogP contribution in [0.1, 0.15) is 31.2 Å². The third-order valence-electron chi connectivity index (χ3n) is 2.89. The molecule has 0 saturated heterocycles. The van der Waals surface area contributed by atoms with Gasteiger partial charge in [-0.05, 0) is 11.5 Å². The molecular formula is C15H17ClN2O. The summed E-state index contributed by atoms with van der Waals surface area (Å²) in [5, 5.41) is 0.435. The highest BCUT2D eigenvalue weighted by Crippen LogP contribution is 2.23. The minimum atomic E-state index is 0.359. The van der Waals surface area contributed by atoms with Crippen molar-refractivity contribution >= 4 is 11.6 Å². The van der Waals surface area contributed by atoms with Gasteiger partial charge < -0.3 is 4.74 Å². The molecule has 3 nitrogen and oxygen atoms in total. The molecule has 19 heavy (non-hydrogen) atoms. The van der Waals surface area contributed by atoms with Crippen LogP contribution >= 0.6 is 11.6 Å². The van der Waals surface area contributed by atoms with Gasteiger partial charge in [0.15, 0.2) is 5.82 Å². The predicted octanol–water partition coefficient (Wildman–Crippen LogP) is 4.07. The first-order chi connectivity index (χ1) is 9.10. The first-order valence-corrected chi connectivity index (χ1v) is 6.60. The van der Waals surface area contributed by atoms with E-state index in [1.807, 2.05) is 0 Å². The van der Waals surface area contributed by atoms with Crippen molar-refractivity contribution in [2.24, 2.45) is 0 Å². The third kappa shape index (κ3) is 3.52. The van der Waals surface area contributed by atoms with Gasteiger partial charge in [0.1, 0.15) is 11.8 Å². The van der Waals surface area contributed by atoms with E-state index in [4.69, 9.17) is 16.3 Å². The van der Waals surface area contributed by atoms with Crippen LogP contribution in [-0.2, 0) is 11.3 Å². The van der Waals surface area contributed by atoms with Crippen molar-refractivity contribution in [3.8, 4) is 11.3 Å². The molecule has 2 rings (SSSR count). The molecule has 100 valence electrons. The van der Waals surface area contributed by atoms with Crippen LogP contribution in [0.25, 0.3) is 11.3 Å². The number of benzene rings is 1. The van der Waals surface area contributed by atoms with E-state index in [0.717, 1.165) is 11.3 Å². The molecule has 0 amide bonds. The highest BCUT2D eigenvalue weighted by Gasteiger charge is 2.06. The second-order valence-electron chi connectivity index (χ2n) is 4.70. The molecule has 0 fully saturated rings. The van der Waals surface area contributed by atoms with E-state index in [0.29, 0.717) is 23.5 Å². The first kappa shape index (κ1) is 14.0. The molecule has 0 radical (unpaired) electrons.